The van der Waals surface area contributed by atoms with Gasteiger partial charge < -0.3 is 19.7 Å². The topological polar surface area (TPSA) is 81.1 Å². The molecule has 0 saturated carbocycles. The molecule has 1 amide bonds. The van der Waals surface area contributed by atoms with Crippen molar-refractivity contribution in [1.82, 2.24) is 14.7 Å². The lowest BCUT2D eigenvalue weighted by atomic mass is 9.67. The van der Waals surface area contributed by atoms with Crippen molar-refractivity contribution in [2.75, 3.05) is 58.3 Å². The minimum absolute atomic E-state index is 0.103. The molecule has 1 spiro atoms. The molecule has 0 bridgehead atoms. The number of methoxy groups -OCH3 is 1. The maximum atomic E-state index is 14.1. The van der Waals surface area contributed by atoms with E-state index in [1.807, 2.05) is 37.3 Å². The number of piperidine rings is 1. The van der Waals surface area contributed by atoms with Crippen LogP contribution in [-0.2, 0) is 10.3 Å². The average Bonchev–Trinajstić information content (AvgIpc) is 3.19. The maximum absolute atomic E-state index is 14.1. The molecule has 1 N–H and O–H groups in total. The number of ether oxygens (including phenoxy) is 2. The van der Waals surface area contributed by atoms with Crippen LogP contribution in [-0.4, -0.2) is 85.7 Å². The van der Waals surface area contributed by atoms with E-state index < -0.39 is 5.54 Å². The highest BCUT2D eigenvalue weighted by Gasteiger charge is 2.63. The molecule has 0 aromatic heterocycles. The van der Waals surface area contributed by atoms with E-state index in [-0.39, 0.29) is 11.3 Å². The molecule has 3 saturated heterocycles. The lowest BCUT2D eigenvalue weighted by Crippen LogP contribution is -2.77. The Kier molecular flexibility index (Phi) is 6.57. The molecule has 2 aromatic carbocycles. The number of nitriles is 1. The first kappa shape index (κ1) is 26.1. The summed E-state index contributed by atoms with van der Waals surface area (Å²) in [5.74, 6) is 1.23. The van der Waals surface area contributed by atoms with Gasteiger partial charge in [0.15, 0.2) is 5.54 Å². The average molecular weight is 530 g/mol. The number of nitrogens with one attached hydrogen (secondary N) is 1. The molecule has 0 aliphatic carbocycles. The van der Waals surface area contributed by atoms with Crippen LogP contribution in [0.15, 0.2) is 36.4 Å². The Morgan fingerprint density at radius 1 is 1.08 bits per heavy atom. The van der Waals surface area contributed by atoms with Gasteiger partial charge in [-0.3, -0.25) is 14.6 Å². The normalized spacial score (nSPS) is 25.1. The van der Waals surface area contributed by atoms with E-state index in [1.54, 1.807) is 13.2 Å². The minimum Gasteiger partial charge on any atom is -0.497 e. The van der Waals surface area contributed by atoms with Crippen LogP contribution < -0.4 is 14.8 Å². The summed E-state index contributed by atoms with van der Waals surface area (Å²) in [4.78, 5) is 21.7. The van der Waals surface area contributed by atoms with Gasteiger partial charge >= 0.3 is 0 Å². The lowest BCUT2D eigenvalue weighted by Gasteiger charge is -2.65. The summed E-state index contributed by atoms with van der Waals surface area (Å²) >= 11 is 0. The second-order valence-electron chi connectivity index (χ2n) is 12.0. The van der Waals surface area contributed by atoms with Crippen LogP contribution in [0.3, 0.4) is 0 Å². The molecule has 3 fully saturated rings. The first-order valence-corrected chi connectivity index (χ1v) is 14.2. The van der Waals surface area contributed by atoms with Crippen molar-refractivity contribution in [3.63, 3.8) is 0 Å². The van der Waals surface area contributed by atoms with Crippen molar-refractivity contribution in [2.45, 2.75) is 51.2 Å². The summed E-state index contributed by atoms with van der Waals surface area (Å²) in [5, 5.41) is 12.8. The summed E-state index contributed by atoms with van der Waals surface area (Å²) in [7, 11) is 1.63. The molecule has 39 heavy (non-hydrogen) atoms. The number of carbonyl (C=O) groups is 1. The Morgan fingerprint density at radius 2 is 1.82 bits per heavy atom. The molecule has 4 aliphatic rings. The minimum atomic E-state index is -1.09. The smallest absolute Gasteiger partial charge is 0.254 e. The largest absolute Gasteiger partial charge is 0.497 e. The van der Waals surface area contributed by atoms with Crippen LogP contribution in [0.4, 0.5) is 5.69 Å². The van der Waals surface area contributed by atoms with E-state index in [0.717, 1.165) is 43.0 Å². The van der Waals surface area contributed by atoms with E-state index in [4.69, 9.17) is 9.47 Å². The zero-order chi connectivity index (χ0) is 27.4. The van der Waals surface area contributed by atoms with Gasteiger partial charge in [0.2, 0.25) is 0 Å². The number of fused-ring (bicyclic) bond motifs is 1. The number of nitrogens with zero attached hydrogens (tertiary/aromatic N) is 4. The van der Waals surface area contributed by atoms with Gasteiger partial charge in [0.1, 0.15) is 11.5 Å². The van der Waals surface area contributed by atoms with Crippen molar-refractivity contribution < 1.29 is 14.3 Å². The number of hydrogen-bond acceptors (Lipinski definition) is 7. The molecule has 6 rings (SSSR count). The molecule has 0 radical (unpaired) electrons. The van der Waals surface area contributed by atoms with Gasteiger partial charge in [-0.1, -0.05) is 0 Å². The monoisotopic (exact) mass is 529 g/mol. The number of carbonyl (C=O) groups excluding carboxylic acids is 1. The number of rotatable bonds is 7. The zero-order valence-corrected chi connectivity index (χ0v) is 23.5. The Hall–Kier alpha value is -3.12. The number of benzene rings is 2. The number of likely N-dealkylation sites (tertiary alicyclic amines) is 3. The molecular weight excluding hydrogens is 490 g/mol. The molecule has 4 aliphatic heterocycles. The van der Waals surface area contributed by atoms with Crippen molar-refractivity contribution >= 4 is 11.6 Å². The summed E-state index contributed by atoms with van der Waals surface area (Å²) < 4.78 is 11.7. The fourth-order valence-electron chi connectivity index (χ4n) is 7.35. The Morgan fingerprint density at radius 3 is 2.46 bits per heavy atom. The quantitative estimate of drug-likeness (QED) is 0.586. The molecule has 2 aromatic rings. The number of hydrogen-bond donors (Lipinski definition) is 1. The van der Waals surface area contributed by atoms with Crippen LogP contribution in [0.1, 0.15) is 50.3 Å². The van der Waals surface area contributed by atoms with Crippen LogP contribution in [0.5, 0.6) is 11.5 Å². The van der Waals surface area contributed by atoms with Gasteiger partial charge in [-0.05, 0) is 83.1 Å². The van der Waals surface area contributed by atoms with E-state index >= 15 is 0 Å². The van der Waals surface area contributed by atoms with Crippen LogP contribution in [0.2, 0.25) is 0 Å². The van der Waals surface area contributed by atoms with E-state index in [2.05, 4.69) is 39.9 Å². The zero-order valence-electron chi connectivity index (χ0n) is 23.5. The Bertz CT molecular complexity index is 1300. The van der Waals surface area contributed by atoms with E-state index in [0.29, 0.717) is 35.8 Å². The molecule has 1 unspecified atom stereocenters. The second kappa shape index (κ2) is 9.81. The highest BCUT2D eigenvalue weighted by atomic mass is 16.5. The molecule has 8 heteroatoms. The molecule has 206 valence electrons. The van der Waals surface area contributed by atoms with Gasteiger partial charge in [-0.2, -0.15) is 5.26 Å². The molecular formula is C31H39N5O3. The summed E-state index contributed by atoms with van der Waals surface area (Å²) in [5.41, 5.74) is 1.97. The number of amides is 1. The van der Waals surface area contributed by atoms with Gasteiger partial charge in [-0.25, -0.2) is 0 Å². The fraction of sp³-hybridized carbons (Fsp3) is 0.548. The second-order valence-corrected chi connectivity index (χ2v) is 12.0. The molecule has 1 atom stereocenters. The van der Waals surface area contributed by atoms with Crippen LogP contribution >= 0.6 is 0 Å². The standard InChI is InChI=1S/C31H39N5O3/c1-5-39-28-9-7-24(38-4)15-26(28)31(25-14-22(16-32)6-8-27(25)33-29(31)37)36-19-30(20-36)17-35(18-30)23-10-12-34(13-11-23)21(2)3/h6-9,14-15,21,23H,5,10-13,17-20H2,1-4H3,(H,33,37). The highest BCUT2D eigenvalue weighted by Crippen LogP contribution is 2.55. The van der Waals surface area contributed by atoms with Crippen LogP contribution in [0.25, 0.3) is 0 Å². The maximum Gasteiger partial charge on any atom is 0.254 e. The third-order valence-electron chi connectivity index (χ3n) is 9.34. The van der Waals surface area contributed by atoms with Gasteiger partial charge in [0, 0.05) is 60.5 Å². The summed E-state index contributed by atoms with van der Waals surface area (Å²) in [6.45, 7) is 13.2. The van der Waals surface area contributed by atoms with Gasteiger partial charge in [0.05, 0.1) is 25.3 Å². The van der Waals surface area contributed by atoms with Gasteiger partial charge in [0.25, 0.3) is 5.91 Å². The SMILES string of the molecule is CCOc1ccc(OC)cc1C1(N2CC3(CN(C4CCN(C(C)C)CC4)C3)C2)C(=O)Nc2ccc(C#N)cc21. The first-order valence-electron chi connectivity index (χ1n) is 14.2. The van der Waals surface area contributed by atoms with Crippen molar-refractivity contribution in [3.05, 3.63) is 53.1 Å². The first-order chi connectivity index (χ1) is 18.8. The summed E-state index contributed by atoms with van der Waals surface area (Å²) in [6.07, 6.45) is 2.46. The predicted molar refractivity (Wildman–Crippen MR) is 150 cm³/mol. The third kappa shape index (κ3) is 4.10. The van der Waals surface area contributed by atoms with Crippen molar-refractivity contribution in [3.8, 4) is 17.6 Å². The predicted octanol–water partition coefficient (Wildman–Crippen LogP) is 3.65. The van der Waals surface area contributed by atoms with Crippen molar-refractivity contribution in [1.29, 1.82) is 5.26 Å². The molecule has 8 nitrogen and oxygen atoms in total. The van der Waals surface area contributed by atoms with E-state index in [1.165, 1.54) is 25.9 Å². The fourth-order valence-corrected chi connectivity index (χ4v) is 7.35. The third-order valence-corrected chi connectivity index (χ3v) is 9.34. The highest BCUT2D eigenvalue weighted by molar-refractivity contribution is 6.09. The van der Waals surface area contributed by atoms with E-state index in [9.17, 15) is 10.1 Å². The Balaban J connectivity index is 1.31. The van der Waals surface area contributed by atoms with Crippen molar-refractivity contribution in [2.24, 2.45) is 5.41 Å². The Labute approximate surface area is 231 Å². The molecule has 4 heterocycles. The number of anilines is 1. The lowest BCUT2D eigenvalue weighted by molar-refractivity contribution is -0.169. The van der Waals surface area contributed by atoms with Crippen LogP contribution in [0, 0.1) is 16.7 Å². The summed E-state index contributed by atoms with van der Waals surface area (Å²) in [6, 6.07) is 14.7. The van der Waals surface area contributed by atoms with Gasteiger partial charge in [-0.15, -0.1) is 0 Å².